The molecule has 3 aliphatic rings. The number of rotatable bonds is 13. The zero-order chi connectivity index (χ0) is 22.1. The van der Waals surface area contributed by atoms with Crippen LogP contribution in [0.2, 0.25) is 0 Å². The molecule has 2 fully saturated rings. The van der Waals surface area contributed by atoms with E-state index in [1.165, 1.54) is 38.6 Å². The molecule has 4 nitrogen and oxygen atoms in total. The molecule has 3 rings (SSSR count). The highest BCUT2D eigenvalue weighted by molar-refractivity contribution is 5.20. The average molecular weight is 434 g/mol. The smallest absolute Gasteiger partial charge is 0.0654 e. The molecule has 1 saturated heterocycles. The van der Waals surface area contributed by atoms with Gasteiger partial charge in [0.1, 0.15) is 0 Å². The largest absolute Gasteiger partial charge is 0.392 e. The van der Waals surface area contributed by atoms with Crippen molar-refractivity contribution in [2.75, 3.05) is 32.8 Å². The van der Waals surface area contributed by atoms with Crippen molar-refractivity contribution in [3.8, 4) is 0 Å². The molecule has 4 heteroatoms. The van der Waals surface area contributed by atoms with E-state index in [0.717, 1.165) is 58.4 Å². The molecule has 31 heavy (non-hydrogen) atoms. The molecule has 1 heterocycles. The molecule has 0 amide bonds. The van der Waals surface area contributed by atoms with Crippen molar-refractivity contribution in [2.45, 2.75) is 96.2 Å². The van der Waals surface area contributed by atoms with Crippen LogP contribution in [-0.4, -0.2) is 59.7 Å². The van der Waals surface area contributed by atoms with Crippen LogP contribution in [0, 0.1) is 17.8 Å². The second kappa shape index (κ2) is 12.5. The summed E-state index contributed by atoms with van der Waals surface area (Å²) in [4.78, 5) is 2.53. The number of nitrogens with zero attached hydrogens (tertiary/aromatic N) is 1. The standard InChI is InChI=1S/C27H47NO3/c1-3-4-12-27(2,30)13-9-11-24-25-20-22(19-23(25)21-26(24)29)10-7-5-6-8-14-28-15-17-31-18-16-28/h9,11,19,23-26,29-30H,3-8,10,12-18,20-21H2,1-2H3/b11-9+/t23-,24+,25-,26+,27-/m0/s1. The Hall–Kier alpha value is -0.680. The summed E-state index contributed by atoms with van der Waals surface area (Å²) in [5.41, 5.74) is 1.01. The van der Waals surface area contributed by atoms with Crippen molar-refractivity contribution >= 4 is 0 Å². The summed E-state index contributed by atoms with van der Waals surface area (Å²) in [6.07, 6.45) is 19.0. The Labute approximate surface area is 190 Å². The third-order valence-corrected chi connectivity index (χ3v) is 7.76. The number of aliphatic hydroxyl groups excluding tert-OH is 1. The summed E-state index contributed by atoms with van der Waals surface area (Å²) in [5, 5.41) is 21.1. The van der Waals surface area contributed by atoms with Crippen LogP contribution in [0.3, 0.4) is 0 Å². The highest BCUT2D eigenvalue weighted by Crippen LogP contribution is 2.48. The Kier molecular flexibility index (Phi) is 10.1. The van der Waals surface area contributed by atoms with Gasteiger partial charge in [-0.05, 0) is 70.3 Å². The predicted molar refractivity (Wildman–Crippen MR) is 128 cm³/mol. The molecule has 0 bridgehead atoms. The van der Waals surface area contributed by atoms with Crippen LogP contribution in [0.25, 0.3) is 0 Å². The van der Waals surface area contributed by atoms with Gasteiger partial charge in [0.15, 0.2) is 0 Å². The van der Waals surface area contributed by atoms with Gasteiger partial charge in [-0.3, -0.25) is 4.90 Å². The highest BCUT2D eigenvalue weighted by atomic mass is 16.5. The molecule has 0 spiro atoms. The van der Waals surface area contributed by atoms with Gasteiger partial charge >= 0.3 is 0 Å². The van der Waals surface area contributed by atoms with E-state index in [1.54, 1.807) is 5.57 Å². The predicted octanol–water partition coefficient (Wildman–Crippen LogP) is 5.10. The molecule has 5 atom stereocenters. The van der Waals surface area contributed by atoms with Crippen LogP contribution in [0.4, 0.5) is 0 Å². The van der Waals surface area contributed by atoms with Crippen molar-refractivity contribution < 1.29 is 14.9 Å². The van der Waals surface area contributed by atoms with Gasteiger partial charge in [0.2, 0.25) is 0 Å². The Morgan fingerprint density at radius 3 is 2.71 bits per heavy atom. The highest BCUT2D eigenvalue weighted by Gasteiger charge is 2.43. The molecule has 0 aromatic carbocycles. The molecular formula is C27H47NO3. The first-order chi connectivity index (χ1) is 15.0. The molecule has 0 radical (unpaired) electrons. The zero-order valence-corrected chi connectivity index (χ0v) is 20.1. The van der Waals surface area contributed by atoms with E-state index in [2.05, 4.69) is 30.1 Å². The first kappa shape index (κ1) is 25.0. The van der Waals surface area contributed by atoms with Gasteiger partial charge in [-0.25, -0.2) is 0 Å². The normalized spacial score (nSPS) is 31.2. The van der Waals surface area contributed by atoms with Gasteiger partial charge in [0, 0.05) is 19.0 Å². The SMILES string of the molecule is CCCC[C@](C)(O)C/C=C/[C@@H]1[C@H]2CC(CCCCCCN3CCOCC3)=C[C@H]2C[C@H]1O. The van der Waals surface area contributed by atoms with Crippen LogP contribution < -0.4 is 0 Å². The lowest BCUT2D eigenvalue weighted by molar-refractivity contribution is 0.0371. The Morgan fingerprint density at radius 1 is 1.16 bits per heavy atom. The van der Waals surface area contributed by atoms with Crippen molar-refractivity contribution in [1.29, 1.82) is 0 Å². The number of unbranched alkanes of at least 4 members (excludes halogenated alkanes) is 4. The molecule has 2 N–H and O–H groups in total. The molecular weight excluding hydrogens is 386 g/mol. The van der Waals surface area contributed by atoms with Gasteiger partial charge < -0.3 is 14.9 Å². The van der Waals surface area contributed by atoms with Crippen molar-refractivity contribution in [3.63, 3.8) is 0 Å². The quantitative estimate of drug-likeness (QED) is 0.313. The van der Waals surface area contributed by atoms with Gasteiger partial charge in [0.05, 0.1) is 24.9 Å². The van der Waals surface area contributed by atoms with E-state index in [4.69, 9.17) is 4.74 Å². The van der Waals surface area contributed by atoms with E-state index >= 15 is 0 Å². The van der Waals surface area contributed by atoms with E-state index < -0.39 is 5.60 Å². The molecule has 1 aliphatic heterocycles. The number of fused-ring (bicyclic) bond motifs is 1. The molecule has 1 saturated carbocycles. The lowest BCUT2D eigenvalue weighted by atomic mass is 9.87. The number of hydrogen-bond donors (Lipinski definition) is 2. The number of aliphatic hydroxyl groups is 2. The second-order valence-electron chi connectivity index (χ2n) is 10.6. The fraction of sp³-hybridized carbons (Fsp3) is 0.852. The molecule has 2 aliphatic carbocycles. The number of hydrogen-bond acceptors (Lipinski definition) is 4. The van der Waals surface area contributed by atoms with Crippen LogP contribution in [0.5, 0.6) is 0 Å². The van der Waals surface area contributed by atoms with Crippen molar-refractivity contribution in [2.24, 2.45) is 17.8 Å². The monoisotopic (exact) mass is 433 g/mol. The summed E-state index contributed by atoms with van der Waals surface area (Å²) >= 11 is 0. The van der Waals surface area contributed by atoms with E-state index in [-0.39, 0.29) is 12.0 Å². The topological polar surface area (TPSA) is 52.9 Å². The van der Waals surface area contributed by atoms with E-state index in [1.807, 2.05) is 6.92 Å². The summed E-state index contributed by atoms with van der Waals surface area (Å²) in [6, 6.07) is 0. The molecule has 0 aromatic heterocycles. The summed E-state index contributed by atoms with van der Waals surface area (Å²) < 4.78 is 5.42. The zero-order valence-electron chi connectivity index (χ0n) is 20.1. The maximum absolute atomic E-state index is 10.6. The van der Waals surface area contributed by atoms with Crippen molar-refractivity contribution in [1.82, 2.24) is 4.90 Å². The van der Waals surface area contributed by atoms with Crippen LogP contribution in [-0.2, 0) is 4.74 Å². The maximum Gasteiger partial charge on any atom is 0.0654 e. The maximum atomic E-state index is 10.6. The second-order valence-corrected chi connectivity index (χ2v) is 10.6. The Balaban J connectivity index is 1.33. The number of allylic oxidation sites excluding steroid dienone is 2. The van der Waals surface area contributed by atoms with Crippen molar-refractivity contribution in [3.05, 3.63) is 23.8 Å². The Morgan fingerprint density at radius 2 is 1.94 bits per heavy atom. The van der Waals surface area contributed by atoms with Gasteiger partial charge in [0.25, 0.3) is 0 Å². The minimum atomic E-state index is -0.615. The first-order valence-electron chi connectivity index (χ1n) is 13.1. The van der Waals surface area contributed by atoms with Crippen LogP contribution >= 0.6 is 0 Å². The minimum Gasteiger partial charge on any atom is -0.392 e. The minimum absolute atomic E-state index is 0.218. The fourth-order valence-electron chi connectivity index (χ4n) is 5.80. The van der Waals surface area contributed by atoms with E-state index in [9.17, 15) is 10.2 Å². The molecule has 0 aromatic rings. The lowest BCUT2D eigenvalue weighted by Crippen LogP contribution is -2.36. The summed E-state index contributed by atoms with van der Waals surface area (Å²) in [6.45, 7) is 9.35. The number of ether oxygens (including phenoxy) is 1. The third kappa shape index (κ3) is 7.99. The van der Waals surface area contributed by atoms with Gasteiger partial charge in [-0.1, -0.05) is 56.4 Å². The van der Waals surface area contributed by atoms with E-state index in [0.29, 0.717) is 18.3 Å². The summed E-state index contributed by atoms with van der Waals surface area (Å²) in [5.74, 6) is 1.39. The average Bonchev–Trinajstić information content (AvgIpc) is 3.27. The third-order valence-electron chi connectivity index (χ3n) is 7.76. The fourth-order valence-corrected chi connectivity index (χ4v) is 5.80. The molecule has 178 valence electrons. The lowest BCUT2D eigenvalue weighted by Gasteiger charge is -2.26. The molecule has 0 unspecified atom stereocenters. The van der Waals surface area contributed by atoms with Gasteiger partial charge in [-0.2, -0.15) is 0 Å². The Bertz CT molecular complexity index is 579. The van der Waals surface area contributed by atoms with Crippen LogP contribution in [0.1, 0.15) is 84.5 Å². The number of morpholine rings is 1. The summed E-state index contributed by atoms with van der Waals surface area (Å²) in [7, 11) is 0. The van der Waals surface area contributed by atoms with Gasteiger partial charge in [-0.15, -0.1) is 0 Å². The first-order valence-corrected chi connectivity index (χ1v) is 13.1. The van der Waals surface area contributed by atoms with Crippen LogP contribution in [0.15, 0.2) is 23.8 Å².